The van der Waals surface area contributed by atoms with E-state index in [0.29, 0.717) is 17.4 Å². The molecular formula is C12H12N4O2. The third kappa shape index (κ3) is 3.72. The molecule has 0 unspecified atom stereocenters. The molecular weight excluding hydrogens is 232 g/mol. The van der Waals surface area contributed by atoms with Gasteiger partial charge in [0.05, 0.1) is 5.56 Å². The number of hydrogen-bond donors (Lipinski definition) is 2. The Balaban J connectivity index is 2.94. The van der Waals surface area contributed by atoms with Crippen LogP contribution in [-0.4, -0.2) is 21.8 Å². The summed E-state index contributed by atoms with van der Waals surface area (Å²) in [7, 11) is 0. The lowest BCUT2D eigenvalue weighted by Gasteiger charge is -2.06. The normalized spacial score (nSPS) is 11.8. The molecule has 0 radical (unpaired) electrons. The minimum atomic E-state index is -1.03. The van der Waals surface area contributed by atoms with Crippen molar-refractivity contribution in [1.29, 1.82) is 5.26 Å². The van der Waals surface area contributed by atoms with E-state index < -0.39 is 5.97 Å². The average molecular weight is 244 g/mol. The first-order chi connectivity index (χ1) is 8.56. The van der Waals surface area contributed by atoms with E-state index >= 15 is 0 Å². The van der Waals surface area contributed by atoms with Crippen LogP contribution in [0.25, 0.3) is 0 Å². The van der Waals surface area contributed by atoms with Crippen molar-refractivity contribution in [3.8, 4) is 6.07 Å². The first-order valence-corrected chi connectivity index (χ1v) is 5.15. The third-order valence-electron chi connectivity index (χ3n) is 1.99. The number of nitriles is 1. The zero-order chi connectivity index (χ0) is 13.5. The van der Waals surface area contributed by atoms with Gasteiger partial charge in [-0.2, -0.15) is 5.26 Å². The van der Waals surface area contributed by atoms with Crippen LogP contribution in [-0.2, 0) is 0 Å². The highest BCUT2D eigenvalue weighted by molar-refractivity contribution is 5.97. The SMILES string of the molecule is C/C=C(\N=C(/C)C#N)Nc1cc(C(=O)O)ccn1. The summed E-state index contributed by atoms with van der Waals surface area (Å²) >= 11 is 0. The monoisotopic (exact) mass is 244 g/mol. The summed E-state index contributed by atoms with van der Waals surface area (Å²) in [4.78, 5) is 18.8. The maximum atomic E-state index is 10.8. The minimum Gasteiger partial charge on any atom is -0.478 e. The Labute approximate surface area is 104 Å². The molecule has 0 aliphatic heterocycles. The maximum absolute atomic E-state index is 10.8. The summed E-state index contributed by atoms with van der Waals surface area (Å²) in [5, 5.41) is 20.3. The van der Waals surface area contributed by atoms with E-state index in [1.807, 2.05) is 6.07 Å². The summed E-state index contributed by atoms with van der Waals surface area (Å²) in [6, 6.07) is 4.69. The van der Waals surface area contributed by atoms with Gasteiger partial charge in [-0.25, -0.2) is 14.8 Å². The van der Waals surface area contributed by atoms with E-state index in [0.717, 1.165) is 0 Å². The number of hydrogen-bond acceptors (Lipinski definition) is 5. The number of rotatable bonds is 4. The molecule has 18 heavy (non-hydrogen) atoms. The minimum absolute atomic E-state index is 0.129. The molecule has 0 atom stereocenters. The van der Waals surface area contributed by atoms with Crippen molar-refractivity contribution >= 4 is 17.5 Å². The van der Waals surface area contributed by atoms with Crippen molar-refractivity contribution in [1.82, 2.24) is 4.98 Å². The summed E-state index contributed by atoms with van der Waals surface area (Å²) in [6.45, 7) is 3.32. The van der Waals surface area contributed by atoms with E-state index in [9.17, 15) is 4.79 Å². The number of allylic oxidation sites excluding steroid dienone is 1. The molecule has 6 nitrogen and oxygen atoms in total. The number of carboxylic acid groups (broad SMARTS) is 1. The van der Waals surface area contributed by atoms with Gasteiger partial charge in [-0.05, 0) is 32.1 Å². The Morgan fingerprint density at radius 3 is 2.94 bits per heavy atom. The summed E-state index contributed by atoms with van der Waals surface area (Å²) in [5.41, 5.74) is 0.425. The number of nitrogens with one attached hydrogen (secondary N) is 1. The molecule has 0 saturated heterocycles. The summed E-state index contributed by atoms with van der Waals surface area (Å²) < 4.78 is 0. The molecule has 2 N–H and O–H groups in total. The fourth-order valence-electron chi connectivity index (χ4n) is 1.13. The van der Waals surface area contributed by atoms with Crippen molar-refractivity contribution in [2.24, 2.45) is 4.99 Å². The highest BCUT2D eigenvalue weighted by atomic mass is 16.4. The molecule has 0 aliphatic rings. The fraction of sp³-hybridized carbons (Fsp3) is 0.167. The second-order valence-electron chi connectivity index (χ2n) is 3.34. The zero-order valence-electron chi connectivity index (χ0n) is 10.0. The van der Waals surface area contributed by atoms with Gasteiger partial charge in [-0.1, -0.05) is 0 Å². The molecule has 1 aromatic heterocycles. The van der Waals surface area contributed by atoms with E-state index in [1.54, 1.807) is 19.9 Å². The first-order valence-electron chi connectivity index (χ1n) is 5.15. The third-order valence-corrected chi connectivity index (χ3v) is 1.99. The number of aromatic carboxylic acids is 1. The summed E-state index contributed by atoms with van der Waals surface area (Å²) in [5.74, 6) is -0.235. The Morgan fingerprint density at radius 2 is 2.39 bits per heavy atom. The highest BCUT2D eigenvalue weighted by Crippen LogP contribution is 2.10. The van der Waals surface area contributed by atoms with Crippen molar-refractivity contribution in [2.45, 2.75) is 13.8 Å². The quantitative estimate of drug-likeness (QED) is 0.789. The van der Waals surface area contributed by atoms with Crippen LogP contribution in [0.1, 0.15) is 24.2 Å². The predicted octanol–water partition coefficient (Wildman–Crippen LogP) is 2.04. The van der Waals surface area contributed by atoms with Crippen LogP contribution in [0.2, 0.25) is 0 Å². The van der Waals surface area contributed by atoms with Gasteiger partial charge in [0, 0.05) is 6.20 Å². The van der Waals surface area contributed by atoms with Gasteiger partial charge in [0.2, 0.25) is 0 Å². The molecule has 1 aromatic rings. The fourth-order valence-corrected chi connectivity index (χ4v) is 1.13. The molecule has 0 saturated carbocycles. The summed E-state index contributed by atoms with van der Waals surface area (Å²) in [6.07, 6.45) is 3.05. The van der Waals surface area contributed by atoms with Crippen molar-refractivity contribution in [3.05, 3.63) is 35.8 Å². The van der Waals surface area contributed by atoms with Gasteiger partial charge in [0.1, 0.15) is 23.4 Å². The first kappa shape index (κ1) is 13.4. The number of carbonyl (C=O) groups is 1. The molecule has 0 fully saturated rings. The Morgan fingerprint density at radius 1 is 1.67 bits per heavy atom. The Bertz CT molecular complexity index is 555. The van der Waals surface area contributed by atoms with Gasteiger partial charge in [0.25, 0.3) is 0 Å². The molecule has 0 spiro atoms. The maximum Gasteiger partial charge on any atom is 0.335 e. The number of pyridine rings is 1. The molecule has 0 aromatic carbocycles. The Hall–Kier alpha value is -2.68. The molecule has 0 bridgehead atoms. The predicted molar refractivity (Wildman–Crippen MR) is 67.3 cm³/mol. The molecule has 6 heteroatoms. The number of aromatic nitrogens is 1. The van der Waals surface area contributed by atoms with E-state index in [4.69, 9.17) is 10.4 Å². The smallest absolute Gasteiger partial charge is 0.335 e. The molecule has 92 valence electrons. The molecule has 0 aliphatic carbocycles. The lowest BCUT2D eigenvalue weighted by molar-refractivity contribution is 0.0697. The average Bonchev–Trinajstić information content (AvgIpc) is 2.38. The van der Waals surface area contributed by atoms with E-state index in [2.05, 4.69) is 15.3 Å². The number of carboxylic acids is 1. The van der Waals surface area contributed by atoms with Gasteiger partial charge in [0.15, 0.2) is 0 Å². The second kappa shape index (κ2) is 6.15. The number of anilines is 1. The molecule has 1 rings (SSSR count). The van der Waals surface area contributed by atoms with Gasteiger partial charge < -0.3 is 10.4 Å². The van der Waals surface area contributed by atoms with Crippen molar-refractivity contribution < 1.29 is 9.90 Å². The lowest BCUT2D eigenvalue weighted by Crippen LogP contribution is -2.03. The van der Waals surface area contributed by atoms with Gasteiger partial charge in [-0.15, -0.1) is 0 Å². The van der Waals surface area contributed by atoms with E-state index in [1.165, 1.54) is 18.3 Å². The van der Waals surface area contributed by atoms with Crippen LogP contribution in [0.3, 0.4) is 0 Å². The Kier molecular flexibility index (Phi) is 4.58. The largest absolute Gasteiger partial charge is 0.478 e. The van der Waals surface area contributed by atoms with Crippen LogP contribution >= 0.6 is 0 Å². The highest BCUT2D eigenvalue weighted by Gasteiger charge is 2.04. The topological polar surface area (TPSA) is 98.4 Å². The zero-order valence-corrected chi connectivity index (χ0v) is 10.0. The second-order valence-corrected chi connectivity index (χ2v) is 3.34. The lowest BCUT2D eigenvalue weighted by atomic mass is 10.2. The molecule has 1 heterocycles. The van der Waals surface area contributed by atoms with Crippen molar-refractivity contribution in [2.75, 3.05) is 5.32 Å². The number of aliphatic imine (C=N–C) groups is 1. The van der Waals surface area contributed by atoms with Gasteiger partial charge >= 0.3 is 5.97 Å². The van der Waals surface area contributed by atoms with E-state index in [-0.39, 0.29) is 5.56 Å². The van der Waals surface area contributed by atoms with Crippen LogP contribution < -0.4 is 5.32 Å². The molecule has 0 amide bonds. The number of nitrogens with zero attached hydrogens (tertiary/aromatic N) is 3. The van der Waals surface area contributed by atoms with Crippen LogP contribution in [0, 0.1) is 11.3 Å². The standard InChI is InChI=1S/C12H12N4O2/c1-3-10(15-8(2)7-13)16-11-6-9(12(17)18)4-5-14-11/h3-6H,1-2H3,(H,14,16)(H,17,18)/b10-3+,15-8+. The van der Waals surface area contributed by atoms with Crippen LogP contribution in [0.4, 0.5) is 5.82 Å². The van der Waals surface area contributed by atoms with Crippen molar-refractivity contribution in [3.63, 3.8) is 0 Å². The van der Waals surface area contributed by atoms with Gasteiger partial charge in [-0.3, -0.25) is 0 Å². The van der Waals surface area contributed by atoms with Crippen LogP contribution in [0.5, 0.6) is 0 Å². The van der Waals surface area contributed by atoms with Crippen LogP contribution in [0.15, 0.2) is 35.2 Å².